The number of benzene rings is 1. The van der Waals surface area contributed by atoms with Crippen molar-refractivity contribution in [2.24, 2.45) is 10.2 Å². The number of nitrogens with one attached hydrogen (secondary N) is 1. The van der Waals surface area contributed by atoms with Crippen LogP contribution in [0.25, 0.3) is 0 Å². The lowest BCUT2D eigenvalue weighted by Gasteiger charge is -2.12. The normalized spacial score (nSPS) is 19.6. The molecule has 1 aliphatic heterocycles. The fraction of sp³-hybridized carbons (Fsp3) is 0.286. The van der Waals surface area contributed by atoms with Gasteiger partial charge < -0.3 is 15.3 Å². The fourth-order valence-electron chi connectivity index (χ4n) is 1.78. The minimum atomic E-state index is -1.02. The fourth-order valence-corrected chi connectivity index (χ4v) is 2.69. The van der Waals surface area contributed by atoms with Crippen LogP contribution in [0.15, 0.2) is 34.5 Å². The van der Waals surface area contributed by atoms with Crippen molar-refractivity contribution in [2.45, 2.75) is 11.7 Å². The molecule has 0 aliphatic carbocycles. The number of amides is 1. The maximum absolute atomic E-state index is 11.5. The minimum absolute atomic E-state index is 0.232. The van der Waals surface area contributed by atoms with Gasteiger partial charge in [0.05, 0.1) is 12.6 Å². The second-order valence-corrected chi connectivity index (χ2v) is 6.02. The van der Waals surface area contributed by atoms with Crippen LogP contribution in [-0.2, 0) is 9.59 Å². The molecule has 0 saturated carbocycles. The molecule has 2 N–H and O–H groups in total. The smallest absolute Gasteiger partial charge is 0.305 e. The van der Waals surface area contributed by atoms with Gasteiger partial charge in [-0.3, -0.25) is 9.59 Å². The van der Waals surface area contributed by atoms with E-state index in [1.54, 1.807) is 6.21 Å². The van der Waals surface area contributed by atoms with E-state index in [1.165, 1.54) is 0 Å². The average Bonchev–Trinajstić information content (AvgIpc) is 2.78. The van der Waals surface area contributed by atoms with Gasteiger partial charge in [-0.15, -0.1) is 5.10 Å². The lowest BCUT2D eigenvalue weighted by Crippen LogP contribution is -2.26. The zero-order chi connectivity index (χ0) is 16.1. The van der Waals surface area contributed by atoms with Crippen molar-refractivity contribution in [1.29, 1.82) is 0 Å². The Labute approximate surface area is 132 Å². The lowest BCUT2D eigenvalue weighted by atomic mass is 10.2. The summed E-state index contributed by atoms with van der Waals surface area (Å²) in [5, 5.41) is 18.7. The van der Waals surface area contributed by atoms with Crippen LogP contribution in [0.5, 0.6) is 0 Å². The molecule has 1 aromatic rings. The van der Waals surface area contributed by atoms with Gasteiger partial charge in [0.2, 0.25) is 5.91 Å². The summed E-state index contributed by atoms with van der Waals surface area (Å²) < 4.78 is 0. The Bertz CT molecular complexity index is 643. The Morgan fingerprint density at radius 1 is 1.50 bits per heavy atom. The molecule has 7 nitrogen and oxygen atoms in total. The number of rotatable bonds is 5. The number of carbonyl (C=O) groups excluding carboxylic acids is 1. The molecular weight excluding hydrogens is 304 g/mol. The van der Waals surface area contributed by atoms with Crippen molar-refractivity contribution in [3.63, 3.8) is 0 Å². The predicted molar refractivity (Wildman–Crippen MR) is 87.6 cm³/mol. The van der Waals surface area contributed by atoms with Crippen molar-refractivity contribution in [3.05, 3.63) is 29.8 Å². The molecule has 1 unspecified atom stereocenters. The van der Waals surface area contributed by atoms with Crippen LogP contribution in [0.4, 0.5) is 5.69 Å². The van der Waals surface area contributed by atoms with Gasteiger partial charge in [0.1, 0.15) is 5.25 Å². The monoisotopic (exact) mass is 320 g/mol. The van der Waals surface area contributed by atoms with Gasteiger partial charge in [0.25, 0.3) is 0 Å². The standard InChI is InChI=1S/C14H16N4O3S/c1-18(2)10-5-3-4-9(6-10)8-15-17-14-16-13(21)11(22-14)7-12(19)20/h3-6,8,11H,7H2,1-2H3,(H,19,20)(H,16,17,21)/b15-8+. The summed E-state index contributed by atoms with van der Waals surface area (Å²) in [7, 11) is 3.90. The zero-order valence-corrected chi connectivity index (χ0v) is 13.0. The van der Waals surface area contributed by atoms with Crippen molar-refractivity contribution >= 4 is 40.7 Å². The van der Waals surface area contributed by atoms with Crippen LogP contribution in [0.1, 0.15) is 12.0 Å². The number of thioether (sulfide) groups is 1. The quantitative estimate of drug-likeness (QED) is 0.627. The molecule has 1 fully saturated rings. The number of carboxylic acids is 1. The van der Waals surface area contributed by atoms with E-state index in [0.717, 1.165) is 23.0 Å². The van der Waals surface area contributed by atoms with E-state index in [1.807, 2.05) is 43.3 Å². The van der Waals surface area contributed by atoms with Crippen LogP contribution in [0.3, 0.4) is 0 Å². The number of nitrogens with zero attached hydrogens (tertiary/aromatic N) is 3. The number of amidine groups is 1. The summed E-state index contributed by atoms with van der Waals surface area (Å²) in [4.78, 5) is 24.1. The van der Waals surface area contributed by atoms with Crippen LogP contribution in [0.2, 0.25) is 0 Å². The highest BCUT2D eigenvalue weighted by molar-refractivity contribution is 8.15. The molecule has 1 heterocycles. The second kappa shape index (κ2) is 7.08. The summed E-state index contributed by atoms with van der Waals surface area (Å²) in [5.41, 5.74) is 1.92. The SMILES string of the molecule is CN(C)c1cccc(/C=N/N=C2\NC(=O)C(CC(=O)O)S2)c1. The molecule has 0 spiro atoms. The molecule has 1 saturated heterocycles. The predicted octanol–water partition coefficient (Wildman–Crippen LogP) is 1.15. The highest BCUT2D eigenvalue weighted by atomic mass is 32.2. The summed E-state index contributed by atoms with van der Waals surface area (Å²) in [5.74, 6) is -1.37. The van der Waals surface area contributed by atoms with Gasteiger partial charge in [-0.2, -0.15) is 5.10 Å². The van der Waals surface area contributed by atoms with Gasteiger partial charge in [-0.25, -0.2) is 0 Å². The molecular formula is C14H16N4O3S. The van der Waals surface area contributed by atoms with E-state index in [0.29, 0.717) is 5.17 Å². The summed E-state index contributed by atoms with van der Waals surface area (Å²) >= 11 is 1.08. The third-order valence-corrected chi connectivity index (χ3v) is 3.95. The molecule has 8 heteroatoms. The number of anilines is 1. The Balaban J connectivity index is 2.01. The molecule has 0 bridgehead atoms. The Hall–Kier alpha value is -2.35. The first-order valence-electron chi connectivity index (χ1n) is 6.53. The van der Waals surface area contributed by atoms with Gasteiger partial charge in [0.15, 0.2) is 5.17 Å². The topological polar surface area (TPSA) is 94.4 Å². The maximum atomic E-state index is 11.5. The van der Waals surface area contributed by atoms with Crippen molar-refractivity contribution < 1.29 is 14.7 Å². The highest BCUT2D eigenvalue weighted by Gasteiger charge is 2.32. The van der Waals surface area contributed by atoms with E-state index in [2.05, 4.69) is 15.5 Å². The van der Waals surface area contributed by atoms with Gasteiger partial charge in [0, 0.05) is 19.8 Å². The first-order chi connectivity index (χ1) is 10.5. The van der Waals surface area contributed by atoms with Crippen molar-refractivity contribution in [3.8, 4) is 0 Å². The number of hydrogen-bond donors (Lipinski definition) is 2. The summed E-state index contributed by atoms with van der Waals surface area (Å²) in [6.07, 6.45) is 1.35. The van der Waals surface area contributed by atoms with Crippen molar-refractivity contribution in [2.75, 3.05) is 19.0 Å². The summed E-state index contributed by atoms with van der Waals surface area (Å²) in [6, 6.07) is 7.74. The zero-order valence-electron chi connectivity index (χ0n) is 12.2. The lowest BCUT2D eigenvalue weighted by molar-refractivity contribution is -0.138. The Kier molecular flexibility index (Phi) is 5.16. The number of hydrogen-bond acceptors (Lipinski definition) is 6. The van der Waals surface area contributed by atoms with E-state index in [9.17, 15) is 9.59 Å². The third-order valence-electron chi connectivity index (χ3n) is 2.88. The number of aliphatic carboxylic acids is 1. The summed E-state index contributed by atoms with van der Waals surface area (Å²) in [6.45, 7) is 0. The molecule has 2 rings (SSSR count). The first kappa shape index (κ1) is 16.0. The molecule has 116 valence electrons. The van der Waals surface area contributed by atoms with Crippen LogP contribution in [-0.4, -0.2) is 47.7 Å². The van der Waals surface area contributed by atoms with E-state index in [4.69, 9.17) is 5.11 Å². The minimum Gasteiger partial charge on any atom is -0.481 e. The van der Waals surface area contributed by atoms with E-state index in [-0.39, 0.29) is 12.3 Å². The van der Waals surface area contributed by atoms with Crippen molar-refractivity contribution in [1.82, 2.24) is 5.32 Å². The first-order valence-corrected chi connectivity index (χ1v) is 7.41. The molecule has 22 heavy (non-hydrogen) atoms. The number of carbonyl (C=O) groups is 2. The van der Waals surface area contributed by atoms with Crippen LogP contribution >= 0.6 is 11.8 Å². The maximum Gasteiger partial charge on any atom is 0.305 e. The Morgan fingerprint density at radius 2 is 2.27 bits per heavy atom. The van der Waals surface area contributed by atoms with E-state index >= 15 is 0 Å². The second-order valence-electron chi connectivity index (χ2n) is 4.83. The van der Waals surface area contributed by atoms with E-state index < -0.39 is 11.2 Å². The van der Waals surface area contributed by atoms with Gasteiger partial charge >= 0.3 is 5.97 Å². The highest BCUT2D eigenvalue weighted by Crippen LogP contribution is 2.22. The van der Waals surface area contributed by atoms with Gasteiger partial charge in [-0.05, 0) is 17.7 Å². The van der Waals surface area contributed by atoms with Gasteiger partial charge in [-0.1, -0.05) is 23.9 Å². The van der Waals surface area contributed by atoms with Crippen LogP contribution in [0, 0.1) is 0 Å². The molecule has 1 atom stereocenters. The largest absolute Gasteiger partial charge is 0.481 e. The molecule has 1 amide bonds. The number of carboxylic acid groups (broad SMARTS) is 1. The average molecular weight is 320 g/mol. The molecule has 0 aromatic heterocycles. The molecule has 1 aromatic carbocycles. The molecule has 1 aliphatic rings. The Morgan fingerprint density at radius 3 is 2.95 bits per heavy atom. The molecule has 0 radical (unpaired) electrons. The third kappa shape index (κ3) is 4.32. The van der Waals surface area contributed by atoms with Crippen LogP contribution < -0.4 is 10.2 Å².